The fourth-order valence-corrected chi connectivity index (χ4v) is 3.88. The Balaban J connectivity index is 1.48. The summed E-state index contributed by atoms with van der Waals surface area (Å²) in [5.74, 6) is 3.15. The smallest absolute Gasteiger partial charge is 0.410 e. The molecule has 0 spiro atoms. The zero-order chi connectivity index (χ0) is 23.3. The number of nitrogens with one attached hydrogen (secondary N) is 1. The highest BCUT2D eigenvalue weighted by molar-refractivity contribution is 5.80. The summed E-state index contributed by atoms with van der Waals surface area (Å²) >= 11 is 0. The van der Waals surface area contributed by atoms with Gasteiger partial charge in [0.15, 0.2) is 11.8 Å². The summed E-state index contributed by atoms with van der Waals surface area (Å²) in [4.78, 5) is 26.0. The Morgan fingerprint density at radius 3 is 2.50 bits per heavy atom. The number of amides is 1. The lowest BCUT2D eigenvalue weighted by molar-refractivity contribution is 0.00928. The summed E-state index contributed by atoms with van der Waals surface area (Å²) in [6, 6.07) is 0.215. The van der Waals surface area contributed by atoms with Crippen LogP contribution in [0.3, 0.4) is 0 Å². The number of carbonyl (C=O) groups is 1. The van der Waals surface area contributed by atoms with Crippen LogP contribution in [0.1, 0.15) is 77.9 Å². The van der Waals surface area contributed by atoms with E-state index in [0.29, 0.717) is 24.8 Å². The average molecular weight is 449 g/mol. The van der Waals surface area contributed by atoms with Crippen LogP contribution < -0.4 is 5.32 Å². The maximum atomic E-state index is 12.8. The third-order valence-corrected chi connectivity index (χ3v) is 5.82. The van der Waals surface area contributed by atoms with E-state index in [2.05, 4.69) is 25.3 Å². The molecule has 2 fully saturated rings. The first-order chi connectivity index (χ1) is 15.2. The zero-order valence-corrected chi connectivity index (χ0v) is 20.6. The van der Waals surface area contributed by atoms with Crippen molar-refractivity contribution < 1.29 is 14.1 Å². The number of piperidine rings is 1. The molecule has 1 aliphatic heterocycles. The van der Waals surface area contributed by atoms with Crippen molar-refractivity contribution in [2.45, 2.75) is 84.3 Å². The predicted molar refractivity (Wildman–Crippen MR) is 124 cm³/mol. The molecule has 2 heterocycles. The molecule has 9 nitrogen and oxygen atoms in total. The van der Waals surface area contributed by atoms with E-state index in [9.17, 15) is 4.79 Å². The number of rotatable bonds is 7. The van der Waals surface area contributed by atoms with E-state index < -0.39 is 5.60 Å². The Morgan fingerprint density at radius 1 is 1.28 bits per heavy atom. The van der Waals surface area contributed by atoms with Gasteiger partial charge in [-0.25, -0.2) is 4.79 Å². The summed E-state index contributed by atoms with van der Waals surface area (Å²) in [5, 5.41) is 7.42. The number of carbonyl (C=O) groups excluding carboxylic acids is 1. The van der Waals surface area contributed by atoms with Crippen molar-refractivity contribution >= 4 is 12.1 Å². The molecule has 9 heteroatoms. The van der Waals surface area contributed by atoms with E-state index in [4.69, 9.17) is 9.26 Å². The number of hydrogen-bond acceptors (Lipinski definition) is 6. The predicted octanol–water partition coefficient (Wildman–Crippen LogP) is 3.42. The zero-order valence-electron chi connectivity index (χ0n) is 20.6. The fraction of sp³-hybridized carbons (Fsp3) is 0.826. The molecule has 0 atom stereocenters. The van der Waals surface area contributed by atoms with E-state index in [1.807, 2.05) is 39.5 Å². The monoisotopic (exact) mass is 448 g/mol. The van der Waals surface area contributed by atoms with Gasteiger partial charge in [-0.1, -0.05) is 19.0 Å². The standard InChI is InChI=1S/C23H40N6O3/c1-16(2)20-26-19(32-27-20)9-12-25-21(24-6)28-13-10-18(11-14-28)29(15-17-7-8-17)22(30)31-23(3,4)5/h16-18H,7-15H2,1-6H3,(H,24,25). The second-order valence-electron chi connectivity index (χ2n) is 10.2. The van der Waals surface area contributed by atoms with Gasteiger partial charge in [0.1, 0.15) is 5.60 Å². The first-order valence-electron chi connectivity index (χ1n) is 11.9. The largest absolute Gasteiger partial charge is 0.444 e. The third kappa shape index (κ3) is 7.10. The first kappa shape index (κ1) is 24.3. The van der Waals surface area contributed by atoms with Crippen LogP contribution in [0.25, 0.3) is 0 Å². The van der Waals surface area contributed by atoms with Crippen LogP contribution in [0.5, 0.6) is 0 Å². The molecule has 1 saturated carbocycles. The topological polar surface area (TPSA) is 96.1 Å². The molecule has 32 heavy (non-hydrogen) atoms. The van der Waals surface area contributed by atoms with E-state index in [1.165, 1.54) is 12.8 Å². The molecule has 3 rings (SSSR count). The van der Waals surface area contributed by atoms with Gasteiger partial charge < -0.3 is 24.4 Å². The highest BCUT2D eigenvalue weighted by Crippen LogP contribution is 2.32. The number of guanidine groups is 1. The van der Waals surface area contributed by atoms with Gasteiger partial charge in [-0.05, 0) is 52.4 Å². The molecule has 1 aliphatic carbocycles. The molecular formula is C23H40N6O3. The van der Waals surface area contributed by atoms with Crippen molar-refractivity contribution in [1.82, 2.24) is 25.3 Å². The Kier molecular flexibility index (Phi) is 8.00. The van der Waals surface area contributed by atoms with E-state index in [1.54, 1.807) is 7.05 Å². The van der Waals surface area contributed by atoms with Gasteiger partial charge in [-0.2, -0.15) is 4.98 Å². The number of aliphatic imine (C=N–C) groups is 1. The molecule has 180 valence electrons. The third-order valence-electron chi connectivity index (χ3n) is 5.82. The molecular weight excluding hydrogens is 408 g/mol. The number of hydrogen-bond donors (Lipinski definition) is 1. The van der Waals surface area contributed by atoms with Gasteiger partial charge in [0.2, 0.25) is 5.89 Å². The maximum absolute atomic E-state index is 12.8. The van der Waals surface area contributed by atoms with Gasteiger partial charge in [-0.3, -0.25) is 4.99 Å². The lowest BCUT2D eigenvalue weighted by Crippen LogP contribution is -2.52. The van der Waals surface area contributed by atoms with E-state index >= 15 is 0 Å². The van der Waals surface area contributed by atoms with E-state index in [-0.39, 0.29) is 18.1 Å². The van der Waals surface area contributed by atoms with Crippen LogP contribution in [0.15, 0.2) is 9.52 Å². The molecule has 1 saturated heterocycles. The van der Waals surface area contributed by atoms with Crippen molar-refractivity contribution in [2.24, 2.45) is 10.9 Å². The highest BCUT2D eigenvalue weighted by atomic mass is 16.6. The number of aromatic nitrogens is 2. The van der Waals surface area contributed by atoms with Crippen LogP contribution in [-0.2, 0) is 11.2 Å². The number of ether oxygens (including phenoxy) is 1. The molecule has 1 N–H and O–H groups in total. The average Bonchev–Trinajstić information content (AvgIpc) is 3.42. The quantitative estimate of drug-likeness (QED) is 0.504. The maximum Gasteiger partial charge on any atom is 0.410 e. The molecule has 1 aromatic rings. The second-order valence-corrected chi connectivity index (χ2v) is 10.2. The summed E-state index contributed by atoms with van der Waals surface area (Å²) in [6.07, 6.45) is 4.73. The number of likely N-dealkylation sites (tertiary alicyclic amines) is 1. The normalized spacial score (nSPS) is 18.2. The molecule has 1 aromatic heterocycles. The van der Waals surface area contributed by atoms with Crippen molar-refractivity contribution in [3.63, 3.8) is 0 Å². The van der Waals surface area contributed by atoms with Gasteiger partial charge >= 0.3 is 6.09 Å². The van der Waals surface area contributed by atoms with Gasteiger partial charge in [0.05, 0.1) is 0 Å². The highest BCUT2D eigenvalue weighted by Gasteiger charge is 2.35. The van der Waals surface area contributed by atoms with Gasteiger partial charge in [0.25, 0.3) is 0 Å². The van der Waals surface area contributed by atoms with Crippen molar-refractivity contribution in [3.8, 4) is 0 Å². The van der Waals surface area contributed by atoms with Gasteiger partial charge in [-0.15, -0.1) is 0 Å². The summed E-state index contributed by atoms with van der Waals surface area (Å²) < 4.78 is 11.0. The Labute approximate surface area is 192 Å². The Hall–Kier alpha value is -2.32. The molecule has 1 amide bonds. The molecule has 2 aliphatic rings. The Morgan fingerprint density at radius 2 is 1.97 bits per heavy atom. The minimum absolute atomic E-state index is 0.175. The molecule has 0 bridgehead atoms. The lowest BCUT2D eigenvalue weighted by atomic mass is 10.0. The Bertz CT molecular complexity index is 773. The SMILES string of the molecule is CN=C(NCCc1nc(C(C)C)no1)N1CCC(N(CC2CC2)C(=O)OC(C)(C)C)CC1. The van der Waals surface area contributed by atoms with Crippen molar-refractivity contribution in [2.75, 3.05) is 33.2 Å². The fourth-order valence-electron chi connectivity index (χ4n) is 3.88. The van der Waals surface area contributed by atoms with Gasteiger partial charge in [0, 0.05) is 51.6 Å². The van der Waals surface area contributed by atoms with Crippen LogP contribution in [-0.4, -0.2) is 76.9 Å². The summed E-state index contributed by atoms with van der Waals surface area (Å²) in [5.41, 5.74) is -0.472. The molecule has 0 aromatic carbocycles. The van der Waals surface area contributed by atoms with Crippen LogP contribution >= 0.6 is 0 Å². The second kappa shape index (κ2) is 10.5. The van der Waals surface area contributed by atoms with Crippen LogP contribution in [0.2, 0.25) is 0 Å². The minimum Gasteiger partial charge on any atom is -0.444 e. The van der Waals surface area contributed by atoms with Crippen LogP contribution in [0, 0.1) is 5.92 Å². The van der Waals surface area contributed by atoms with Crippen molar-refractivity contribution in [3.05, 3.63) is 11.7 Å². The molecule has 0 radical (unpaired) electrons. The first-order valence-corrected chi connectivity index (χ1v) is 11.9. The molecule has 0 unspecified atom stereocenters. The van der Waals surface area contributed by atoms with E-state index in [0.717, 1.165) is 44.3 Å². The lowest BCUT2D eigenvalue weighted by Gasteiger charge is -2.40. The summed E-state index contributed by atoms with van der Waals surface area (Å²) in [6.45, 7) is 13.1. The minimum atomic E-state index is -0.472. The summed E-state index contributed by atoms with van der Waals surface area (Å²) in [7, 11) is 1.80. The number of nitrogens with zero attached hydrogens (tertiary/aromatic N) is 5. The van der Waals surface area contributed by atoms with Crippen molar-refractivity contribution in [1.29, 1.82) is 0 Å². The van der Waals surface area contributed by atoms with Crippen LogP contribution in [0.4, 0.5) is 4.79 Å².